The molecule has 2 fully saturated rings. The zero-order valence-corrected chi connectivity index (χ0v) is 13.9. The van der Waals surface area contributed by atoms with E-state index in [0.717, 1.165) is 38.4 Å². The Bertz CT molecular complexity index is 469. The first kappa shape index (κ1) is 15.9. The monoisotopic (exact) mass is 319 g/mol. The van der Waals surface area contributed by atoms with Gasteiger partial charge in [-0.25, -0.2) is 0 Å². The highest BCUT2D eigenvalue weighted by Crippen LogP contribution is 2.30. The second-order valence-corrected chi connectivity index (χ2v) is 7.44. The number of rotatable bonds is 8. The molecule has 1 aliphatic carbocycles. The number of benzene rings is 1. The number of nitrogens with zero attached hydrogens (tertiary/aromatic N) is 1. The molecule has 4 heteroatoms. The molecule has 0 aromatic heterocycles. The minimum atomic E-state index is 0.350. The average Bonchev–Trinajstić information content (AvgIpc) is 3.26. The second kappa shape index (κ2) is 8.02. The van der Waals surface area contributed by atoms with E-state index >= 15 is 0 Å². The molecule has 1 atom stereocenters. The van der Waals surface area contributed by atoms with Crippen LogP contribution in [0.3, 0.4) is 0 Å². The molecule has 1 aromatic carbocycles. The third-order valence-corrected chi connectivity index (χ3v) is 5.43. The van der Waals surface area contributed by atoms with E-state index in [4.69, 9.17) is 4.74 Å². The van der Waals surface area contributed by atoms with Crippen molar-refractivity contribution in [2.24, 2.45) is 5.92 Å². The number of amides is 1. The van der Waals surface area contributed by atoms with Crippen LogP contribution in [0, 0.1) is 5.92 Å². The topological polar surface area (TPSA) is 29.5 Å². The SMILES string of the molecule is O=C(CCCSc1ccccc1)N(C[C@@H]1CCOC1)C1CC1. The number of carbonyl (C=O) groups excluding carboxylic acids is 1. The second-order valence-electron chi connectivity index (χ2n) is 6.27. The van der Waals surface area contributed by atoms with Gasteiger partial charge in [-0.15, -0.1) is 11.8 Å². The molecule has 1 aliphatic heterocycles. The highest BCUT2D eigenvalue weighted by molar-refractivity contribution is 7.99. The van der Waals surface area contributed by atoms with Crippen LogP contribution in [0.2, 0.25) is 0 Å². The Balaban J connectivity index is 1.39. The van der Waals surface area contributed by atoms with Gasteiger partial charge >= 0.3 is 0 Å². The summed E-state index contributed by atoms with van der Waals surface area (Å²) in [5.74, 6) is 1.92. The lowest BCUT2D eigenvalue weighted by Gasteiger charge is -2.25. The lowest BCUT2D eigenvalue weighted by atomic mass is 10.1. The van der Waals surface area contributed by atoms with Gasteiger partial charge in [0.15, 0.2) is 0 Å². The van der Waals surface area contributed by atoms with Gasteiger partial charge in [0.1, 0.15) is 0 Å². The van der Waals surface area contributed by atoms with Crippen LogP contribution in [-0.4, -0.2) is 42.4 Å². The van der Waals surface area contributed by atoms with E-state index in [1.54, 1.807) is 0 Å². The molecule has 0 spiro atoms. The van der Waals surface area contributed by atoms with Crippen LogP contribution in [0.5, 0.6) is 0 Å². The van der Waals surface area contributed by atoms with Crippen LogP contribution in [0.1, 0.15) is 32.1 Å². The van der Waals surface area contributed by atoms with Gasteiger partial charge in [0.2, 0.25) is 5.91 Å². The quantitative estimate of drug-likeness (QED) is 0.542. The fourth-order valence-corrected chi connectivity index (χ4v) is 3.79. The number of ether oxygens (including phenoxy) is 1. The van der Waals surface area contributed by atoms with Crippen LogP contribution >= 0.6 is 11.8 Å². The van der Waals surface area contributed by atoms with Gasteiger partial charge in [-0.3, -0.25) is 4.79 Å². The molecular formula is C18H25NO2S. The summed E-state index contributed by atoms with van der Waals surface area (Å²) in [6.45, 7) is 2.61. The van der Waals surface area contributed by atoms with Gasteiger partial charge in [-0.2, -0.15) is 0 Å². The van der Waals surface area contributed by atoms with Crippen molar-refractivity contribution in [2.45, 2.75) is 43.0 Å². The maximum atomic E-state index is 12.5. The normalized spacial score (nSPS) is 21.0. The third-order valence-electron chi connectivity index (χ3n) is 4.33. The summed E-state index contributed by atoms with van der Waals surface area (Å²) in [5.41, 5.74) is 0. The van der Waals surface area contributed by atoms with E-state index in [1.165, 1.54) is 17.7 Å². The van der Waals surface area contributed by atoms with Crippen LogP contribution < -0.4 is 0 Å². The van der Waals surface area contributed by atoms with Crippen molar-refractivity contribution >= 4 is 17.7 Å². The zero-order valence-electron chi connectivity index (χ0n) is 13.1. The molecule has 3 rings (SSSR count). The molecule has 0 N–H and O–H groups in total. The molecule has 0 bridgehead atoms. The van der Waals surface area contributed by atoms with Gasteiger partial charge in [0.25, 0.3) is 0 Å². The first-order valence-corrected chi connectivity index (χ1v) is 9.36. The molecule has 1 saturated heterocycles. The van der Waals surface area contributed by atoms with Gasteiger partial charge in [-0.05, 0) is 43.6 Å². The average molecular weight is 319 g/mol. The Hall–Kier alpha value is -1.00. The fraction of sp³-hybridized carbons (Fsp3) is 0.611. The summed E-state index contributed by atoms with van der Waals surface area (Å²) in [5, 5.41) is 0. The van der Waals surface area contributed by atoms with E-state index in [2.05, 4.69) is 29.2 Å². The van der Waals surface area contributed by atoms with Crippen molar-refractivity contribution in [1.29, 1.82) is 0 Å². The Morgan fingerprint density at radius 1 is 1.23 bits per heavy atom. The maximum Gasteiger partial charge on any atom is 0.222 e. The lowest BCUT2D eigenvalue weighted by Crippen LogP contribution is -2.37. The van der Waals surface area contributed by atoms with Crippen LogP contribution in [0.25, 0.3) is 0 Å². The number of carbonyl (C=O) groups is 1. The Morgan fingerprint density at radius 2 is 2.05 bits per heavy atom. The first-order valence-electron chi connectivity index (χ1n) is 8.38. The van der Waals surface area contributed by atoms with E-state index in [-0.39, 0.29) is 0 Å². The molecule has 1 heterocycles. The van der Waals surface area contributed by atoms with Crippen molar-refractivity contribution in [2.75, 3.05) is 25.5 Å². The van der Waals surface area contributed by atoms with Crippen LogP contribution in [-0.2, 0) is 9.53 Å². The number of thioether (sulfide) groups is 1. The highest BCUT2D eigenvalue weighted by Gasteiger charge is 2.34. The van der Waals surface area contributed by atoms with E-state index in [1.807, 2.05) is 17.8 Å². The highest BCUT2D eigenvalue weighted by atomic mass is 32.2. The number of hydrogen-bond donors (Lipinski definition) is 0. The maximum absolute atomic E-state index is 12.5. The van der Waals surface area contributed by atoms with Crippen LogP contribution in [0.4, 0.5) is 0 Å². The van der Waals surface area contributed by atoms with Crippen molar-refractivity contribution < 1.29 is 9.53 Å². The minimum absolute atomic E-state index is 0.350. The van der Waals surface area contributed by atoms with Gasteiger partial charge in [0.05, 0.1) is 6.61 Å². The third kappa shape index (κ3) is 4.75. The summed E-state index contributed by atoms with van der Waals surface area (Å²) in [6.07, 6.45) is 5.14. The molecule has 2 aliphatic rings. The summed E-state index contributed by atoms with van der Waals surface area (Å²) < 4.78 is 5.44. The first-order chi connectivity index (χ1) is 10.8. The smallest absolute Gasteiger partial charge is 0.222 e. The van der Waals surface area contributed by atoms with Crippen molar-refractivity contribution in [3.63, 3.8) is 0 Å². The van der Waals surface area contributed by atoms with E-state index < -0.39 is 0 Å². The molecule has 1 saturated carbocycles. The molecule has 0 unspecified atom stereocenters. The Morgan fingerprint density at radius 3 is 2.73 bits per heavy atom. The molecule has 3 nitrogen and oxygen atoms in total. The van der Waals surface area contributed by atoms with Crippen molar-refractivity contribution in [3.8, 4) is 0 Å². The van der Waals surface area contributed by atoms with Crippen molar-refractivity contribution in [3.05, 3.63) is 30.3 Å². The Kier molecular flexibility index (Phi) is 5.79. The predicted molar refractivity (Wildman–Crippen MR) is 90.1 cm³/mol. The standard InChI is InChI=1S/C18H25NO2S/c20-18(7-4-12-22-17-5-2-1-3-6-17)19(16-8-9-16)13-15-10-11-21-14-15/h1-3,5-6,15-16H,4,7-14H2/t15-/m0/s1. The van der Waals surface area contributed by atoms with Crippen LogP contribution in [0.15, 0.2) is 35.2 Å². The molecular weight excluding hydrogens is 294 g/mol. The largest absolute Gasteiger partial charge is 0.381 e. The molecule has 1 amide bonds. The minimum Gasteiger partial charge on any atom is -0.381 e. The number of hydrogen-bond acceptors (Lipinski definition) is 3. The molecule has 120 valence electrons. The zero-order chi connectivity index (χ0) is 15.2. The molecule has 1 aromatic rings. The van der Waals surface area contributed by atoms with E-state index in [9.17, 15) is 4.79 Å². The molecule has 22 heavy (non-hydrogen) atoms. The van der Waals surface area contributed by atoms with E-state index in [0.29, 0.717) is 24.3 Å². The summed E-state index contributed by atoms with van der Waals surface area (Å²) in [7, 11) is 0. The summed E-state index contributed by atoms with van der Waals surface area (Å²) in [4.78, 5) is 15.9. The fourth-order valence-electron chi connectivity index (χ4n) is 2.92. The van der Waals surface area contributed by atoms with Gasteiger partial charge in [-0.1, -0.05) is 18.2 Å². The predicted octanol–water partition coefficient (Wildman–Crippen LogP) is 3.59. The lowest BCUT2D eigenvalue weighted by molar-refractivity contribution is -0.132. The molecule has 0 radical (unpaired) electrons. The summed E-state index contributed by atoms with van der Waals surface area (Å²) in [6, 6.07) is 10.9. The van der Waals surface area contributed by atoms with Crippen molar-refractivity contribution in [1.82, 2.24) is 4.90 Å². The van der Waals surface area contributed by atoms with Gasteiger partial charge in [0, 0.05) is 36.4 Å². The van der Waals surface area contributed by atoms with Gasteiger partial charge < -0.3 is 9.64 Å². The summed E-state index contributed by atoms with van der Waals surface area (Å²) >= 11 is 1.84. The Labute approximate surface area is 137 Å².